The lowest BCUT2D eigenvalue weighted by molar-refractivity contribution is -0.138. The molecular weight excluding hydrogens is 208 g/mol. The summed E-state index contributed by atoms with van der Waals surface area (Å²) >= 11 is 0. The van der Waals surface area contributed by atoms with Crippen LogP contribution in [-0.2, 0) is 9.59 Å². The van der Waals surface area contributed by atoms with Crippen molar-refractivity contribution in [3.05, 3.63) is 0 Å². The van der Waals surface area contributed by atoms with Crippen molar-refractivity contribution in [2.45, 2.75) is 39.2 Å². The normalized spacial score (nSPS) is 12.5. The molecule has 0 aliphatic carbocycles. The first kappa shape index (κ1) is 14.9. The zero-order chi connectivity index (χ0) is 12.6. The number of aliphatic carboxylic acids is 1. The molecule has 0 saturated heterocycles. The van der Waals surface area contributed by atoms with Gasteiger partial charge in [-0.05, 0) is 25.9 Å². The van der Waals surface area contributed by atoms with Crippen LogP contribution in [0.5, 0.6) is 0 Å². The Bertz CT molecular complexity index is 229. The Morgan fingerprint density at radius 2 is 1.94 bits per heavy atom. The van der Waals surface area contributed by atoms with Gasteiger partial charge in [-0.15, -0.1) is 0 Å². The average molecular weight is 230 g/mol. The maximum Gasteiger partial charge on any atom is 0.305 e. The quantitative estimate of drug-likeness (QED) is 0.534. The zero-order valence-corrected chi connectivity index (χ0v) is 10.2. The van der Waals surface area contributed by atoms with E-state index in [1.54, 1.807) is 0 Å². The Morgan fingerprint density at radius 3 is 2.38 bits per heavy atom. The highest BCUT2D eigenvalue weighted by molar-refractivity contribution is 5.77. The van der Waals surface area contributed by atoms with E-state index in [-0.39, 0.29) is 24.3 Å². The van der Waals surface area contributed by atoms with Crippen LogP contribution in [0.15, 0.2) is 0 Å². The fourth-order valence-electron chi connectivity index (χ4n) is 1.35. The summed E-state index contributed by atoms with van der Waals surface area (Å²) < 4.78 is 0. The van der Waals surface area contributed by atoms with Crippen molar-refractivity contribution in [3.63, 3.8) is 0 Å². The van der Waals surface area contributed by atoms with Crippen LogP contribution in [0.2, 0.25) is 0 Å². The zero-order valence-electron chi connectivity index (χ0n) is 10.2. The molecule has 5 nitrogen and oxygen atoms in total. The molecule has 0 aromatic rings. The van der Waals surface area contributed by atoms with Gasteiger partial charge >= 0.3 is 5.97 Å². The van der Waals surface area contributed by atoms with Crippen molar-refractivity contribution in [3.8, 4) is 0 Å². The molecule has 0 bridgehead atoms. The van der Waals surface area contributed by atoms with Gasteiger partial charge in [-0.25, -0.2) is 0 Å². The van der Waals surface area contributed by atoms with Gasteiger partial charge in [-0.1, -0.05) is 13.8 Å². The van der Waals surface area contributed by atoms with E-state index in [1.165, 1.54) is 0 Å². The molecule has 0 fully saturated rings. The number of amides is 1. The van der Waals surface area contributed by atoms with Crippen LogP contribution in [0.25, 0.3) is 0 Å². The minimum atomic E-state index is -0.880. The van der Waals surface area contributed by atoms with Gasteiger partial charge in [0.25, 0.3) is 0 Å². The van der Waals surface area contributed by atoms with Crippen LogP contribution in [0.1, 0.15) is 33.1 Å². The standard InChI is InChI=1S/C11H22N2O3/c1-8(2)9(7-11(15)16)13-10(14)5-4-6-12-3/h8-9,12H,4-7H2,1-3H3,(H,13,14)(H,15,16). The van der Waals surface area contributed by atoms with Gasteiger partial charge in [0.2, 0.25) is 5.91 Å². The van der Waals surface area contributed by atoms with E-state index in [0.717, 1.165) is 13.0 Å². The third-order valence-corrected chi connectivity index (χ3v) is 2.38. The number of carbonyl (C=O) groups is 2. The summed E-state index contributed by atoms with van der Waals surface area (Å²) in [5.74, 6) is -0.825. The molecule has 16 heavy (non-hydrogen) atoms. The number of nitrogens with one attached hydrogen (secondary N) is 2. The van der Waals surface area contributed by atoms with Crippen molar-refractivity contribution >= 4 is 11.9 Å². The molecule has 0 saturated carbocycles. The molecule has 0 spiro atoms. The molecule has 1 amide bonds. The highest BCUT2D eigenvalue weighted by Gasteiger charge is 2.18. The van der Waals surface area contributed by atoms with Crippen LogP contribution >= 0.6 is 0 Å². The molecule has 0 heterocycles. The Kier molecular flexibility index (Phi) is 7.54. The van der Waals surface area contributed by atoms with Crippen molar-refractivity contribution in [2.75, 3.05) is 13.6 Å². The Balaban J connectivity index is 3.98. The van der Waals surface area contributed by atoms with E-state index in [4.69, 9.17) is 5.11 Å². The SMILES string of the molecule is CNCCCC(=O)NC(CC(=O)O)C(C)C. The molecule has 0 radical (unpaired) electrons. The van der Waals surface area contributed by atoms with Crippen LogP contribution in [-0.4, -0.2) is 36.6 Å². The summed E-state index contributed by atoms with van der Waals surface area (Å²) in [4.78, 5) is 22.1. The molecule has 0 rings (SSSR count). The molecule has 1 unspecified atom stereocenters. The number of carboxylic acid groups (broad SMARTS) is 1. The fourth-order valence-corrected chi connectivity index (χ4v) is 1.35. The Hall–Kier alpha value is -1.10. The van der Waals surface area contributed by atoms with E-state index in [1.807, 2.05) is 20.9 Å². The molecule has 0 aliphatic rings. The number of hydrogen-bond donors (Lipinski definition) is 3. The van der Waals surface area contributed by atoms with Crippen molar-refractivity contribution < 1.29 is 14.7 Å². The summed E-state index contributed by atoms with van der Waals surface area (Å²) in [5.41, 5.74) is 0. The van der Waals surface area contributed by atoms with Crippen LogP contribution in [0.4, 0.5) is 0 Å². The van der Waals surface area contributed by atoms with Gasteiger partial charge in [0.15, 0.2) is 0 Å². The van der Waals surface area contributed by atoms with E-state index < -0.39 is 5.97 Å². The Labute approximate surface area is 96.6 Å². The van der Waals surface area contributed by atoms with Crippen molar-refractivity contribution in [2.24, 2.45) is 5.92 Å². The third kappa shape index (κ3) is 7.23. The second-order valence-electron chi connectivity index (χ2n) is 4.22. The minimum Gasteiger partial charge on any atom is -0.481 e. The van der Waals surface area contributed by atoms with E-state index in [0.29, 0.717) is 6.42 Å². The molecule has 3 N–H and O–H groups in total. The third-order valence-electron chi connectivity index (χ3n) is 2.38. The first-order chi connectivity index (χ1) is 7.47. The highest BCUT2D eigenvalue weighted by atomic mass is 16.4. The molecule has 0 aromatic carbocycles. The summed E-state index contributed by atoms with van der Waals surface area (Å²) in [6, 6.07) is -0.278. The maximum absolute atomic E-state index is 11.5. The molecule has 5 heteroatoms. The van der Waals surface area contributed by atoms with Crippen LogP contribution in [0, 0.1) is 5.92 Å². The number of carboxylic acids is 1. The number of rotatable bonds is 8. The first-order valence-electron chi connectivity index (χ1n) is 5.63. The van der Waals surface area contributed by atoms with Gasteiger partial charge in [-0.2, -0.15) is 0 Å². The lowest BCUT2D eigenvalue weighted by atomic mass is 10.0. The molecular formula is C11H22N2O3. The summed E-state index contributed by atoms with van der Waals surface area (Å²) in [6.07, 6.45) is 1.18. The maximum atomic E-state index is 11.5. The first-order valence-corrected chi connectivity index (χ1v) is 5.63. The van der Waals surface area contributed by atoms with Crippen molar-refractivity contribution in [1.29, 1.82) is 0 Å². The highest BCUT2D eigenvalue weighted by Crippen LogP contribution is 2.06. The average Bonchev–Trinajstić information content (AvgIpc) is 2.16. The number of hydrogen-bond acceptors (Lipinski definition) is 3. The predicted octanol–water partition coefficient (Wildman–Crippen LogP) is 0.601. The van der Waals surface area contributed by atoms with E-state index >= 15 is 0 Å². The largest absolute Gasteiger partial charge is 0.481 e. The monoisotopic (exact) mass is 230 g/mol. The van der Waals surface area contributed by atoms with Crippen LogP contribution in [0.3, 0.4) is 0 Å². The second kappa shape index (κ2) is 8.10. The summed E-state index contributed by atoms with van der Waals surface area (Å²) in [7, 11) is 1.83. The van der Waals surface area contributed by atoms with Crippen molar-refractivity contribution in [1.82, 2.24) is 10.6 Å². The summed E-state index contributed by atoms with van der Waals surface area (Å²) in [6.45, 7) is 4.60. The number of carbonyl (C=O) groups excluding carboxylic acids is 1. The molecule has 0 aromatic heterocycles. The van der Waals surface area contributed by atoms with E-state index in [2.05, 4.69) is 10.6 Å². The fraction of sp³-hybridized carbons (Fsp3) is 0.818. The predicted molar refractivity (Wildman–Crippen MR) is 62.2 cm³/mol. The lowest BCUT2D eigenvalue weighted by Gasteiger charge is -2.20. The van der Waals surface area contributed by atoms with Gasteiger partial charge in [0, 0.05) is 12.5 Å². The van der Waals surface area contributed by atoms with Gasteiger partial charge in [-0.3, -0.25) is 9.59 Å². The smallest absolute Gasteiger partial charge is 0.305 e. The minimum absolute atomic E-state index is 0.0184. The van der Waals surface area contributed by atoms with Gasteiger partial charge in [0.05, 0.1) is 6.42 Å². The summed E-state index contributed by atoms with van der Waals surface area (Å²) in [5, 5.41) is 14.4. The van der Waals surface area contributed by atoms with Crippen LogP contribution < -0.4 is 10.6 Å². The van der Waals surface area contributed by atoms with Gasteiger partial charge in [0.1, 0.15) is 0 Å². The topological polar surface area (TPSA) is 78.4 Å². The Morgan fingerprint density at radius 1 is 1.31 bits per heavy atom. The molecule has 0 aliphatic heterocycles. The van der Waals surface area contributed by atoms with E-state index in [9.17, 15) is 9.59 Å². The van der Waals surface area contributed by atoms with Gasteiger partial charge < -0.3 is 15.7 Å². The lowest BCUT2D eigenvalue weighted by Crippen LogP contribution is -2.40. The molecule has 1 atom stereocenters. The second-order valence-corrected chi connectivity index (χ2v) is 4.22. The molecule has 94 valence electrons.